The molecule has 1 aromatic heterocycles. The Labute approximate surface area is 134 Å². The van der Waals surface area contributed by atoms with E-state index in [9.17, 15) is 28.1 Å². The van der Waals surface area contributed by atoms with E-state index in [1.807, 2.05) is 0 Å². The minimum absolute atomic E-state index is 0.0188. The van der Waals surface area contributed by atoms with E-state index in [1.54, 1.807) is 0 Å². The predicted molar refractivity (Wildman–Crippen MR) is 77.0 cm³/mol. The summed E-state index contributed by atoms with van der Waals surface area (Å²) in [5.74, 6) is -0.341. The van der Waals surface area contributed by atoms with Gasteiger partial charge in [0.2, 0.25) is 5.91 Å². The van der Waals surface area contributed by atoms with Gasteiger partial charge in [-0.15, -0.1) is 0 Å². The van der Waals surface area contributed by atoms with Crippen molar-refractivity contribution >= 4 is 11.6 Å². The number of hydrogen-bond acceptors (Lipinski definition) is 4. The summed E-state index contributed by atoms with van der Waals surface area (Å²) in [7, 11) is 0. The standard InChI is InChI=1S/C14H13F3N4O3/c15-14(16,17)12-5-7-20(19-12)8-6-18-13(22)9-10-1-3-11(4-2-10)21(23)24/h1-5,7H,6,8-9H2,(H,18,22). The van der Waals surface area contributed by atoms with Crippen LogP contribution in [0.15, 0.2) is 36.5 Å². The molecule has 2 aromatic rings. The van der Waals surface area contributed by atoms with Crippen LogP contribution in [0.5, 0.6) is 0 Å². The van der Waals surface area contributed by atoms with Gasteiger partial charge in [0.25, 0.3) is 5.69 Å². The molecule has 128 valence electrons. The molecule has 0 bridgehead atoms. The van der Waals surface area contributed by atoms with Crippen molar-refractivity contribution in [1.29, 1.82) is 0 Å². The van der Waals surface area contributed by atoms with E-state index < -0.39 is 16.8 Å². The van der Waals surface area contributed by atoms with E-state index in [4.69, 9.17) is 0 Å². The Kier molecular flexibility index (Phi) is 5.17. The van der Waals surface area contributed by atoms with Gasteiger partial charge in [0.15, 0.2) is 5.69 Å². The number of amides is 1. The van der Waals surface area contributed by atoms with Gasteiger partial charge in [0.1, 0.15) is 0 Å². The van der Waals surface area contributed by atoms with Crippen LogP contribution in [0.25, 0.3) is 0 Å². The van der Waals surface area contributed by atoms with E-state index in [0.29, 0.717) is 5.56 Å². The van der Waals surface area contributed by atoms with Gasteiger partial charge in [0.05, 0.1) is 17.9 Å². The second-order valence-corrected chi connectivity index (χ2v) is 4.91. The summed E-state index contributed by atoms with van der Waals surface area (Å²) >= 11 is 0. The lowest BCUT2D eigenvalue weighted by atomic mass is 10.1. The monoisotopic (exact) mass is 342 g/mol. The smallest absolute Gasteiger partial charge is 0.354 e. The fourth-order valence-corrected chi connectivity index (χ4v) is 1.93. The number of alkyl halides is 3. The van der Waals surface area contributed by atoms with Crippen molar-refractivity contribution in [1.82, 2.24) is 15.1 Å². The molecule has 0 radical (unpaired) electrons. The molecule has 0 aliphatic carbocycles. The van der Waals surface area contributed by atoms with Crippen molar-refractivity contribution in [2.24, 2.45) is 0 Å². The van der Waals surface area contributed by atoms with Crippen molar-refractivity contribution in [2.45, 2.75) is 19.1 Å². The molecule has 1 N–H and O–H groups in total. The van der Waals surface area contributed by atoms with Gasteiger partial charge in [-0.25, -0.2) is 0 Å². The molecule has 1 amide bonds. The number of nitrogens with zero attached hydrogens (tertiary/aromatic N) is 3. The third kappa shape index (κ3) is 4.80. The molecule has 24 heavy (non-hydrogen) atoms. The topological polar surface area (TPSA) is 90.1 Å². The highest BCUT2D eigenvalue weighted by molar-refractivity contribution is 5.78. The van der Waals surface area contributed by atoms with Gasteiger partial charge >= 0.3 is 6.18 Å². The molecule has 1 aromatic carbocycles. The molecule has 0 aliphatic heterocycles. The van der Waals surface area contributed by atoms with Crippen molar-refractivity contribution in [3.05, 3.63) is 57.9 Å². The fraction of sp³-hybridized carbons (Fsp3) is 0.286. The first-order valence-electron chi connectivity index (χ1n) is 6.86. The molecule has 2 rings (SSSR count). The Bertz CT molecular complexity index is 726. The van der Waals surface area contributed by atoms with Gasteiger partial charge in [-0.1, -0.05) is 12.1 Å². The molecule has 0 fully saturated rings. The lowest BCUT2D eigenvalue weighted by molar-refractivity contribution is -0.384. The lowest BCUT2D eigenvalue weighted by Gasteiger charge is -2.06. The Balaban J connectivity index is 1.79. The second kappa shape index (κ2) is 7.11. The van der Waals surface area contributed by atoms with Gasteiger partial charge in [0, 0.05) is 24.9 Å². The normalized spacial score (nSPS) is 11.3. The Morgan fingerprint density at radius 3 is 2.46 bits per heavy atom. The maximum absolute atomic E-state index is 12.4. The maximum atomic E-state index is 12.4. The van der Waals surface area contributed by atoms with Crippen LogP contribution in [0.4, 0.5) is 18.9 Å². The van der Waals surface area contributed by atoms with Gasteiger partial charge in [-0.2, -0.15) is 18.3 Å². The molecule has 0 saturated heterocycles. The number of nitro benzene ring substituents is 1. The van der Waals surface area contributed by atoms with E-state index in [1.165, 1.54) is 30.5 Å². The zero-order chi connectivity index (χ0) is 17.7. The number of nitro groups is 1. The number of nitrogens with one attached hydrogen (secondary N) is 1. The van der Waals surface area contributed by atoms with Gasteiger partial charge in [-0.3, -0.25) is 19.6 Å². The number of non-ortho nitro benzene ring substituents is 1. The average molecular weight is 342 g/mol. The van der Waals surface area contributed by atoms with E-state index in [0.717, 1.165) is 10.7 Å². The third-order valence-electron chi connectivity index (χ3n) is 3.11. The molecule has 0 unspecified atom stereocenters. The number of carbonyl (C=O) groups is 1. The summed E-state index contributed by atoms with van der Waals surface area (Å²) in [5.41, 5.74) is -0.463. The first-order chi connectivity index (χ1) is 11.3. The molecule has 0 saturated carbocycles. The van der Waals surface area contributed by atoms with Crippen LogP contribution in [-0.4, -0.2) is 27.2 Å². The summed E-state index contributed by atoms with van der Waals surface area (Å²) in [5, 5.41) is 16.4. The fourth-order valence-electron chi connectivity index (χ4n) is 1.93. The van der Waals surface area contributed by atoms with E-state index in [-0.39, 0.29) is 31.1 Å². The van der Waals surface area contributed by atoms with Crippen LogP contribution >= 0.6 is 0 Å². The van der Waals surface area contributed by atoms with Crippen LogP contribution in [0.2, 0.25) is 0 Å². The van der Waals surface area contributed by atoms with Crippen LogP contribution in [-0.2, 0) is 23.9 Å². The molecular weight excluding hydrogens is 329 g/mol. The molecule has 10 heteroatoms. The summed E-state index contributed by atoms with van der Waals surface area (Å²) < 4.78 is 38.2. The Morgan fingerprint density at radius 2 is 1.92 bits per heavy atom. The summed E-state index contributed by atoms with van der Waals surface area (Å²) in [4.78, 5) is 21.7. The Hall–Kier alpha value is -2.91. The first-order valence-corrected chi connectivity index (χ1v) is 6.86. The zero-order valence-corrected chi connectivity index (χ0v) is 12.3. The molecular formula is C14H13F3N4O3. The molecule has 0 aliphatic rings. The quantitative estimate of drug-likeness (QED) is 0.643. The van der Waals surface area contributed by atoms with Crippen LogP contribution in [0.1, 0.15) is 11.3 Å². The predicted octanol–water partition coefficient (Wildman–Crippen LogP) is 2.17. The highest BCUT2D eigenvalue weighted by Crippen LogP contribution is 2.27. The van der Waals surface area contributed by atoms with E-state index in [2.05, 4.69) is 10.4 Å². The van der Waals surface area contributed by atoms with Crippen LogP contribution in [0, 0.1) is 10.1 Å². The number of aromatic nitrogens is 2. The summed E-state index contributed by atoms with van der Waals surface area (Å²) in [6.07, 6.45) is -3.29. The summed E-state index contributed by atoms with van der Waals surface area (Å²) in [6, 6.07) is 6.40. The number of carbonyl (C=O) groups excluding carboxylic acids is 1. The first kappa shape index (κ1) is 17.4. The van der Waals surface area contributed by atoms with E-state index >= 15 is 0 Å². The lowest BCUT2D eigenvalue weighted by Crippen LogP contribution is -2.28. The molecule has 1 heterocycles. The van der Waals surface area contributed by atoms with Crippen LogP contribution < -0.4 is 5.32 Å². The van der Waals surface area contributed by atoms with Crippen LogP contribution in [0.3, 0.4) is 0 Å². The van der Waals surface area contributed by atoms with Crippen molar-refractivity contribution < 1.29 is 22.9 Å². The number of benzene rings is 1. The minimum Gasteiger partial charge on any atom is -0.354 e. The highest BCUT2D eigenvalue weighted by atomic mass is 19.4. The average Bonchev–Trinajstić information content (AvgIpc) is 2.97. The van der Waals surface area contributed by atoms with Crippen molar-refractivity contribution in [3.63, 3.8) is 0 Å². The molecule has 0 spiro atoms. The SMILES string of the molecule is O=C(Cc1ccc([N+](=O)[O-])cc1)NCCn1ccc(C(F)(F)F)n1. The zero-order valence-electron chi connectivity index (χ0n) is 12.3. The minimum atomic E-state index is -4.50. The third-order valence-corrected chi connectivity index (χ3v) is 3.11. The highest BCUT2D eigenvalue weighted by Gasteiger charge is 2.33. The molecule has 0 atom stereocenters. The van der Waals surface area contributed by atoms with Gasteiger partial charge < -0.3 is 5.32 Å². The molecule has 7 nitrogen and oxygen atoms in total. The number of hydrogen-bond donors (Lipinski definition) is 1. The largest absolute Gasteiger partial charge is 0.435 e. The second-order valence-electron chi connectivity index (χ2n) is 4.91. The van der Waals surface area contributed by atoms with Gasteiger partial charge in [-0.05, 0) is 11.6 Å². The summed E-state index contributed by atoms with van der Waals surface area (Å²) in [6.45, 7) is 0.215. The maximum Gasteiger partial charge on any atom is 0.435 e. The van der Waals surface area contributed by atoms with Crippen molar-refractivity contribution in [2.75, 3.05) is 6.54 Å². The Morgan fingerprint density at radius 1 is 1.25 bits per heavy atom. The number of rotatable bonds is 6. The van der Waals surface area contributed by atoms with Crippen molar-refractivity contribution in [3.8, 4) is 0 Å². The number of halogens is 3.